The number of aryl methyl sites for hydroxylation is 1. The van der Waals surface area contributed by atoms with Crippen molar-refractivity contribution in [1.82, 2.24) is 4.98 Å². The van der Waals surface area contributed by atoms with Crippen LogP contribution in [0.25, 0.3) is 33.0 Å². The highest BCUT2D eigenvalue weighted by molar-refractivity contribution is 5.91. The van der Waals surface area contributed by atoms with Gasteiger partial charge in [0, 0.05) is 41.9 Å². The largest absolute Gasteiger partial charge is 0.422 e. The molecule has 0 aliphatic carbocycles. The van der Waals surface area contributed by atoms with Crippen LogP contribution in [0.3, 0.4) is 0 Å². The van der Waals surface area contributed by atoms with Gasteiger partial charge in [-0.2, -0.15) is 0 Å². The van der Waals surface area contributed by atoms with Crippen LogP contribution in [0.2, 0.25) is 0 Å². The number of hydrogen-bond donors (Lipinski definition) is 1. The number of aromatic amines is 1. The highest BCUT2D eigenvalue weighted by Gasteiger charge is 2.15. The van der Waals surface area contributed by atoms with E-state index >= 15 is 0 Å². The first-order valence-corrected chi connectivity index (χ1v) is 9.02. The van der Waals surface area contributed by atoms with E-state index in [2.05, 4.69) is 35.9 Å². The molecule has 26 heavy (non-hydrogen) atoms. The summed E-state index contributed by atoms with van der Waals surface area (Å²) in [6.45, 7) is 8.06. The summed E-state index contributed by atoms with van der Waals surface area (Å²) >= 11 is 0. The Kier molecular flexibility index (Phi) is 4.03. The van der Waals surface area contributed by atoms with Crippen molar-refractivity contribution >= 4 is 27.6 Å². The average Bonchev–Trinajstić information content (AvgIpc) is 3.10. The van der Waals surface area contributed by atoms with Crippen molar-refractivity contribution in [3.05, 3.63) is 64.6 Å². The predicted molar refractivity (Wildman–Crippen MR) is 108 cm³/mol. The molecule has 4 nitrogen and oxygen atoms in total. The fourth-order valence-corrected chi connectivity index (χ4v) is 3.67. The summed E-state index contributed by atoms with van der Waals surface area (Å²) in [6.07, 6.45) is 1.90. The molecule has 4 aromatic rings. The van der Waals surface area contributed by atoms with Gasteiger partial charge in [0.05, 0.1) is 5.56 Å². The fraction of sp³-hybridized carbons (Fsp3) is 0.227. The average molecular weight is 346 g/mol. The quantitative estimate of drug-likeness (QED) is 0.523. The van der Waals surface area contributed by atoms with E-state index in [-0.39, 0.29) is 5.63 Å². The van der Waals surface area contributed by atoms with Gasteiger partial charge in [-0.1, -0.05) is 12.1 Å². The van der Waals surface area contributed by atoms with Crippen LogP contribution in [0.4, 0.5) is 5.69 Å². The van der Waals surface area contributed by atoms with Crippen molar-refractivity contribution < 1.29 is 4.42 Å². The van der Waals surface area contributed by atoms with Crippen molar-refractivity contribution in [2.24, 2.45) is 0 Å². The Morgan fingerprint density at radius 2 is 1.85 bits per heavy atom. The third-order valence-corrected chi connectivity index (χ3v) is 5.12. The zero-order valence-corrected chi connectivity index (χ0v) is 15.3. The van der Waals surface area contributed by atoms with Crippen LogP contribution in [-0.4, -0.2) is 18.1 Å². The maximum Gasteiger partial charge on any atom is 0.344 e. The smallest absolute Gasteiger partial charge is 0.344 e. The molecule has 4 rings (SSSR count). The van der Waals surface area contributed by atoms with E-state index < -0.39 is 0 Å². The SMILES string of the molecule is CCN(CC)c1ccc2c(C)c(-c3ccc4cc[nH]c4c3)c(=O)oc2c1. The fourth-order valence-electron chi connectivity index (χ4n) is 3.67. The van der Waals surface area contributed by atoms with Gasteiger partial charge in [-0.25, -0.2) is 4.79 Å². The third-order valence-electron chi connectivity index (χ3n) is 5.12. The molecule has 0 aliphatic heterocycles. The van der Waals surface area contributed by atoms with E-state index in [4.69, 9.17) is 4.42 Å². The lowest BCUT2D eigenvalue weighted by atomic mass is 9.98. The zero-order valence-electron chi connectivity index (χ0n) is 15.3. The molecule has 0 radical (unpaired) electrons. The van der Waals surface area contributed by atoms with Gasteiger partial charge >= 0.3 is 5.63 Å². The highest BCUT2D eigenvalue weighted by Crippen LogP contribution is 2.30. The number of hydrogen-bond acceptors (Lipinski definition) is 3. The van der Waals surface area contributed by atoms with Crippen molar-refractivity contribution in [3.8, 4) is 11.1 Å². The highest BCUT2D eigenvalue weighted by atomic mass is 16.4. The molecule has 2 aromatic carbocycles. The number of H-pyrrole nitrogens is 1. The van der Waals surface area contributed by atoms with Gasteiger partial charge in [-0.3, -0.25) is 0 Å². The Morgan fingerprint density at radius 3 is 2.62 bits per heavy atom. The van der Waals surface area contributed by atoms with Gasteiger partial charge in [0.2, 0.25) is 0 Å². The van der Waals surface area contributed by atoms with E-state index in [1.165, 1.54) is 0 Å². The van der Waals surface area contributed by atoms with Crippen LogP contribution >= 0.6 is 0 Å². The van der Waals surface area contributed by atoms with E-state index in [1.54, 1.807) is 0 Å². The number of anilines is 1. The van der Waals surface area contributed by atoms with Gasteiger partial charge < -0.3 is 14.3 Å². The van der Waals surface area contributed by atoms with Crippen LogP contribution in [0.5, 0.6) is 0 Å². The molecule has 132 valence electrons. The topological polar surface area (TPSA) is 49.2 Å². The van der Waals surface area contributed by atoms with Crippen molar-refractivity contribution in [2.45, 2.75) is 20.8 Å². The molecule has 2 aromatic heterocycles. The molecular weight excluding hydrogens is 324 g/mol. The second-order valence-electron chi connectivity index (χ2n) is 6.52. The lowest BCUT2D eigenvalue weighted by Crippen LogP contribution is -2.21. The van der Waals surface area contributed by atoms with E-state index in [1.807, 2.05) is 43.5 Å². The molecule has 0 saturated carbocycles. The number of aromatic nitrogens is 1. The van der Waals surface area contributed by atoms with Gasteiger partial charge in [-0.05, 0) is 61.5 Å². The summed E-state index contributed by atoms with van der Waals surface area (Å²) in [5.74, 6) is 0. The molecule has 0 bridgehead atoms. The molecule has 0 spiro atoms. The third kappa shape index (κ3) is 2.58. The first kappa shape index (κ1) is 16.5. The minimum Gasteiger partial charge on any atom is -0.422 e. The lowest BCUT2D eigenvalue weighted by molar-refractivity contribution is 0.562. The number of benzene rings is 2. The van der Waals surface area contributed by atoms with Crippen LogP contribution in [0.15, 0.2) is 57.9 Å². The summed E-state index contributed by atoms with van der Waals surface area (Å²) in [4.78, 5) is 18.2. The monoisotopic (exact) mass is 346 g/mol. The Morgan fingerprint density at radius 1 is 1.04 bits per heavy atom. The first-order valence-electron chi connectivity index (χ1n) is 9.02. The summed E-state index contributed by atoms with van der Waals surface area (Å²) in [5.41, 5.74) is 4.89. The van der Waals surface area contributed by atoms with Crippen LogP contribution in [0.1, 0.15) is 19.4 Å². The standard InChI is InChI=1S/C22H22N2O2/c1-4-24(5-2)17-8-9-18-14(3)21(22(25)26-20(18)13-17)16-7-6-15-10-11-23-19(15)12-16/h6-13,23H,4-5H2,1-3H3. The molecule has 0 fully saturated rings. The van der Waals surface area contributed by atoms with Crippen molar-refractivity contribution in [2.75, 3.05) is 18.0 Å². The number of nitrogens with one attached hydrogen (secondary N) is 1. The molecule has 0 saturated heterocycles. The van der Waals surface area contributed by atoms with Crippen molar-refractivity contribution in [3.63, 3.8) is 0 Å². The lowest BCUT2D eigenvalue weighted by Gasteiger charge is -2.21. The van der Waals surface area contributed by atoms with Crippen molar-refractivity contribution in [1.29, 1.82) is 0 Å². The number of fused-ring (bicyclic) bond motifs is 2. The molecule has 0 unspecified atom stereocenters. The van der Waals surface area contributed by atoms with Gasteiger partial charge in [-0.15, -0.1) is 0 Å². The Hall–Kier alpha value is -3.01. The molecule has 2 heterocycles. The second kappa shape index (κ2) is 6.37. The molecule has 1 N–H and O–H groups in total. The Bertz CT molecular complexity index is 1150. The van der Waals surface area contributed by atoms with Gasteiger partial charge in [0.1, 0.15) is 5.58 Å². The van der Waals surface area contributed by atoms with E-state index in [0.717, 1.165) is 46.2 Å². The summed E-state index contributed by atoms with van der Waals surface area (Å²) in [7, 11) is 0. The molecule has 0 amide bonds. The Balaban J connectivity index is 1.91. The number of nitrogens with zero attached hydrogens (tertiary/aromatic N) is 1. The molecule has 0 atom stereocenters. The second-order valence-corrected chi connectivity index (χ2v) is 6.52. The first-order chi connectivity index (χ1) is 12.6. The summed E-state index contributed by atoms with van der Waals surface area (Å²) in [5, 5.41) is 2.10. The zero-order chi connectivity index (χ0) is 18.3. The van der Waals surface area contributed by atoms with E-state index in [9.17, 15) is 4.79 Å². The molecule has 0 aliphatic rings. The van der Waals surface area contributed by atoms with E-state index in [0.29, 0.717) is 11.1 Å². The minimum absolute atomic E-state index is 0.294. The summed E-state index contributed by atoms with van der Waals surface area (Å²) < 4.78 is 5.71. The number of rotatable bonds is 4. The normalized spacial score (nSPS) is 11.3. The van der Waals surface area contributed by atoms with Crippen LogP contribution in [0, 0.1) is 6.92 Å². The molecular formula is C22H22N2O2. The van der Waals surface area contributed by atoms with Gasteiger partial charge in [0.25, 0.3) is 0 Å². The maximum atomic E-state index is 12.8. The summed E-state index contributed by atoms with van der Waals surface area (Å²) in [6, 6.07) is 14.1. The van der Waals surface area contributed by atoms with Crippen LogP contribution < -0.4 is 10.5 Å². The molecule has 4 heteroatoms. The maximum absolute atomic E-state index is 12.8. The Labute approximate surface area is 152 Å². The minimum atomic E-state index is -0.294. The van der Waals surface area contributed by atoms with Crippen LogP contribution in [-0.2, 0) is 0 Å². The predicted octanol–water partition coefficient (Wildman–Crippen LogP) is 5.10. The van der Waals surface area contributed by atoms with Gasteiger partial charge in [0.15, 0.2) is 0 Å².